The van der Waals surface area contributed by atoms with Gasteiger partial charge in [-0.15, -0.1) is 13.2 Å². The van der Waals surface area contributed by atoms with E-state index in [0.717, 1.165) is 29.4 Å². The lowest BCUT2D eigenvalue weighted by molar-refractivity contribution is -0.133. The SMILES string of the molecule is C=CCN(CC=C)C(=O)COC(=O)c1cc(C2CC2)nc2ccccc12. The Morgan fingerprint density at radius 3 is 2.54 bits per heavy atom. The van der Waals surface area contributed by atoms with Gasteiger partial charge in [0.15, 0.2) is 6.61 Å². The number of carbonyl (C=O) groups excluding carboxylic acids is 2. The highest BCUT2D eigenvalue weighted by molar-refractivity contribution is 6.04. The molecule has 0 N–H and O–H groups in total. The maximum atomic E-state index is 12.6. The first-order valence-corrected chi connectivity index (χ1v) is 8.70. The highest BCUT2D eigenvalue weighted by Crippen LogP contribution is 2.40. The van der Waals surface area contributed by atoms with Crippen LogP contribution in [-0.2, 0) is 9.53 Å². The van der Waals surface area contributed by atoms with Crippen molar-refractivity contribution in [3.05, 3.63) is 66.9 Å². The van der Waals surface area contributed by atoms with Crippen LogP contribution in [-0.4, -0.2) is 41.5 Å². The normalized spacial score (nSPS) is 13.2. The van der Waals surface area contributed by atoms with Crippen LogP contribution in [0.4, 0.5) is 0 Å². The van der Waals surface area contributed by atoms with Gasteiger partial charge < -0.3 is 9.64 Å². The van der Waals surface area contributed by atoms with Crippen molar-refractivity contribution in [2.45, 2.75) is 18.8 Å². The van der Waals surface area contributed by atoms with E-state index in [-0.39, 0.29) is 12.5 Å². The summed E-state index contributed by atoms with van der Waals surface area (Å²) in [6.07, 6.45) is 5.44. The molecule has 2 aromatic rings. The van der Waals surface area contributed by atoms with E-state index in [1.54, 1.807) is 18.2 Å². The van der Waals surface area contributed by atoms with Crippen molar-refractivity contribution in [3.63, 3.8) is 0 Å². The van der Waals surface area contributed by atoms with Gasteiger partial charge in [0.05, 0.1) is 11.1 Å². The quantitative estimate of drug-likeness (QED) is 0.540. The van der Waals surface area contributed by atoms with Crippen molar-refractivity contribution in [1.82, 2.24) is 9.88 Å². The van der Waals surface area contributed by atoms with Gasteiger partial charge in [-0.25, -0.2) is 4.79 Å². The van der Waals surface area contributed by atoms with Crippen molar-refractivity contribution in [2.24, 2.45) is 0 Å². The van der Waals surface area contributed by atoms with Crippen LogP contribution in [0.2, 0.25) is 0 Å². The molecule has 0 unspecified atom stereocenters. The van der Waals surface area contributed by atoms with Crippen molar-refractivity contribution in [2.75, 3.05) is 19.7 Å². The smallest absolute Gasteiger partial charge is 0.339 e. The number of carbonyl (C=O) groups is 2. The lowest BCUT2D eigenvalue weighted by Gasteiger charge is -2.19. The number of amides is 1. The summed E-state index contributed by atoms with van der Waals surface area (Å²) >= 11 is 0. The van der Waals surface area contributed by atoms with E-state index >= 15 is 0 Å². The van der Waals surface area contributed by atoms with Crippen LogP contribution >= 0.6 is 0 Å². The number of hydrogen-bond acceptors (Lipinski definition) is 4. The zero-order chi connectivity index (χ0) is 18.5. The second-order valence-corrected chi connectivity index (χ2v) is 6.34. The minimum absolute atomic E-state index is 0.279. The monoisotopic (exact) mass is 350 g/mol. The van der Waals surface area contributed by atoms with Gasteiger partial charge in [-0.3, -0.25) is 9.78 Å². The summed E-state index contributed by atoms with van der Waals surface area (Å²) in [5.74, 6) is -0.363. The van der Waals surface area contributed by atoms with Crippen LogP contribution in [0.5, 0.6) is 0 Å². The highest BCUT2D eigenvalue weighted by atomic mass is 16.5. The van der Waals surface area contributed by atoms with E-state index < -0.39 is 5.97 Å². The van der Waals surface area contributed by atoms with Crippen molar-refractivity contribution < 1.29 is 14.3 Å². The first-order chi connectivity index (χ1) is 12.6. The molecule has 134 valence electrons. The number of esters is 1. The molecule has 0 spiro atoms. The molecule has 0 atom stereocenters. The maximum absolute atomic E-state index is 12.6. The fourth-order valence-corrected chi connectivity index (χ4v) is 2.84. The molecule has 5 heteroatoms. The van der Waals surface area contributed by atoms with Crippen molar-refractivity contribution in [1.29, 1.82) is 0 Å². The van der Waals surface area contributed by atoms with Gasteiger partial charge in [0.2, 0.25) is 0 Å². The average Bonchev–Trinajstić information content (AvgIpc) is 3.50. The molecular weight excluding hydrogens is 328 g/mol. The Labute approximate surface area is 153 Å². The van der Waals surface area contributed by atoms with E-state index in [0.29, 0.717) is 24.6 Å². The molecule has 0 bridgehead atoms. The number of fused-ring (bicyclic) bond motifs is 1. The third-order valence-corrected chi connectivity index (χ3v) is 4.33. The third kappa shape index (κ3) is 3.99. The third-order valence-electron chi connectivity index (χ3n) is 4.33. The number of aromatic nitrogens is 1. The number of para-hydroxylation sites is 1. The van der Waals surface area contributed by atoms with E-state index in [2.05, 4.69) is 18.1 Å². The van der Waals surface area contributed by atoms with Crippen LogP contribution in [0.25, 0.3) is 10.9 Å². The van der Waals surface area contributed by atoms with E-state index in [9.17, 15) is 9.59 Å². The molecule has 1 fully saturated rings. The van der Waals surface area contributed by atoms with Gasteiger partial charge >= 0.3 is 5.97 Å². The highest BCUT2D eigenvalue weighted by Gasteiger charge is 2.27. The first kappa shape index (κ1) is 17.9. The van der Waals surface area contributed by atoms with Gasteiger partial charge in [0, 0.05) is 30.1 Å². The second-order valence-electron chi connectivity index (χ2n) is 6.34. The van der Waals surface area contributed by atoms with Gasteiger partial charge in [-0.1, -0.05) is 30.4 Å². The Bertz CT molecular complexity index is 845. The number of nitrogens with zero attached hydrogens (tertiary/aromatic N) is 2. The second kappa shape index (κ2) is 7.95. The summed E-state index contributed by atoms with van der Waals surface area (Å²) in [6.45, 7) is 7.72. The molecule has 5 nitrogen and oxygen atoms in total. The predicted molar refractivity (Wildman–Crippen MR) is 101 cm³/mol. The minimum atomic E-state index is -0.504. The summed E-state index contributed by atoms with van der Waals surface area (Å²) in [5.41, 5.74) is 2.15. The maximum Gasteiger partial charge on any atom is 0.339 e. The summed E-state index contributed by atoms with van der Waals surface area (Å²) in [6, 6.07) is 9.29. The Balaban J connectivity index is 1.78. The van der Waals surface area contributed by atoms with Crippen LogP contribution in [0.15, 0.2) is 55.6 Å². The first-order valence-electron chi connectivity index (χ1n) is 8.70. The lowest BCUT2D eigenvalue weighted by atomic mass is 10.1. The molecule has 26 heavy (non-hydrogen) atoms. The fourth-order valence-electron chi connectivity index (χ4n) is 2.84. The molecular formula is C21H22N2O3. The summed E-state index contributed by atoms with van der Waals surface area (Å²) < 4.78 is 5.30. The molecule has 3 rings (SSSR count). The Hall–Kier alpha value is -2.95. The molecule has 1 heterocycles. The van der Waals surface area contributed by atoms with Gasteiger partial charge in [0.1, 0.15) is 0 Å². The van der Waals surface area contributed by atoms with E-state index in [1.807, 2.05) is 24.3 Å². The number of benzene rings is 1. The van der Waals surface area contributed by atoms with E-state index in [1.165, 1.54) is 4.90 Å². The van der Waals surface area contributed by atoms with Gasteiger partial charge in [-0.05, 0) is 25.0 Å². The van der Waals surface area contributed by atoms with Crippen LogP contribution in [0.1, 0.15) is 34.8 Å². The summed E-state index contributed by atoms with van der Waals surface area (Å²) in [4.78, 5) is 31.1. The van der Waals surface area contributed by atoms with E-state index in [4.69, 9.17) is 4.74 Å². The number of pyridine rings is 1. The molecule has 1 aliphatic rings. The average molecular weight is 350 g/mol. The van der Waals surface area contributed by atoms with Crippen molar-refractivity contribution >= 4 is 22.8 Å². The molecule has 1 saturated carbocycles. The number of rotatable bonds is 8. The van der Waals surface area contributed by atoms with Crippen LogP contribution < -0.4 is 0 Å². The zero-order valence-electron chi connectivity index (χ0n) is 14.7. The largest absolute Gasteiger partial charge is 0.452 e. The topological polar surface area (TPSA) is 59.5 Å². The fraction of sp³-hybridized carbons (Fsp3) is 0.286. The van der Waals surface area contributed by atoms with Crippen molar-refractivity contribution in [3.8, 4) is 0 Å². The molecule has 0 aliphatic heterocycles. The zero-order valence-corrected chi connectivity index (χ0v) is 14.7. The number of hydrogen-bond donors (Lipinski definition) is 0. The Morgan fingerprint density at radius 1 is 1.19 bits per heavy atom. The Morgan fingerprint density at radius 2 is 1.88 bits per heavy atom. The molecule has 1 aliphatic carbocycles. The molecule has 0 saturated heterocycles. The standard InChI is InChI=1S/C21H22N2O3/c1-3-11-23(12-4-2)20(24)14-26-21(25)17-13-19(15-9-10-15)22-18-8-6-5-7-16(17)18/h3-8,13,15H,1-2,9-12,14H2. The van der Waals surface area contributed by atoms with Gasteiger partial charge in [0.25, 0.3) is 5.91 Å². The van der Waals surface area contributed by atoms with Gasteiger partial charge in [-0.2, -0.15) is 0 Å². The summed E-state index contributed by atoms with van der Waals surface area (Å²) in [7, 11) is 0. The number of ether oxygens (including phenoxy) is 1. The Kier molecular flexibility index (Phi) is 5.46. The summed E-state index contributed by atoms with van der Waals surface area (Å²) in [5, 5.41) is 0.739. The molecule has 1 aromatic carbocycles. The molecule has 1 amide bonds. The van der Waals surface area contributed by atoms with Crippen LogP contribution in [0.3, 0.4) is 0 Å². The molecule has 1 aromatic heterocycles. The van der Waals surface area contributed by atoms with Crippen LogP contribution in [0, 0.1) is 0 Å². The lowest BCUT2D eigenvalue weighted by Crippen LogP contribution is -2.35. The molecule has 0 radical (unpaired) electrons. The minimum Gasteiger partial charge on any atom is -0.452 e. The predicted octanol–water partition coefficient (Wildman–Crippen LogP) is 3.47.